The third-order valence-corrected chi connectivity index (χ3v) is 3.74. The molecule has 1 aliphatic carbocycles. The topological polar surface area (TPSA) is 79.6 Å². The van der Waals surface area contributed by atoms with Gasteiger partial charge in [0.2, 0.25) is 0 Å². The molecule has 94 valence electrons. The number of nitrogens with two attached hydrogens (primary N) is 1. The minimum atomic E-state index is -0.112. The highest BCUT2D eigenvalue weighted by molar-refractivity contribution is 5.31. The molecule has 0 radical (unpaired) electrons. The summed E-state index contributed by atoms with van der Waals surface area (Å²) in [5.41, 5.74) is 6.11. The quantitative estimate of drug-likeness (QED) is 0.563. The average Bonchev–Trinajstić information content (AvgIpc) is 2.84. The lowest BCUT2D eigenvalue weighted by molar-refractivity contribution is 0.419. The lowest BCUT2D eigenvalue weighted by Gasteiger charge is -2.26. The Kier molecular flexibility index (Phi) is 3.08. The summed E-state index contributed by atoms with van der Waals surface area (Å²) < 4.78 is 0. The molecule has 1 fully saturated rings. The number of hydrazine groups is 1. The van der Waals surface area contributed by atoms with Crippen LogP contribution in [0.1, 0.15) is 48.0 Å². The summed E-state index contributed by atoms with van der Waals surface area (Å²) in [7, 11) is 0. The van der Waals surface area contributed by atoms with Crippen molar-refractivity contribution < 1.29 is 0 Å². The molecule has 1 saturated carbocycles. The number of aromatic nitrogens is 3. The Morgan fingerprint density at radius 2 is 2.06 bits per heavy atom. The van der Waals surface area contributed by atoms with Crippen LogP contribution in [0.5, 0.6) is 0 Å². The van der Waals surface area contributed by atoms with Gasteiger partial charge < -0.3 is 0 Å². The molecule has 1 heterocycles. The summed E-state index contributed by atoms with van der Waals surface area (Å²) in [5, 5.41) is 10.5. The van der Waals surface area contributed by atoms with Crippen LogP contribution in [-0.2, 0) is 0 Å². The highest BCUT2D eigenvalue weighted by Gasteiger charge is 2.20. The molecule has 0 aliphatic heterocycles. The van der Waals surface area contributed by atoms with Crippen molar-refractivity contribution in [2.45, 2.75) is 31.2 Å². The molecule has 0 bridgehead atoms. The van der Waals surface area contributed by atoms with Crippen molar-refractivity contribution in [2.75, 3.05) is 0 Å². The molecule has 4 N–H and O–H groups in total. The fraction of sp³-hybridized carbons (Fsp3) is 0.385. The van der Waals surface area contributed by atoms with Crippen molar-refractivity contribution in [1.29, 1.82) is 0 Å². The lowest BCUT2D eigenvalue weighted by atomic mass is 9.80. The number of aromatic amines is 1. The molecule has 1 atom stereocenters. The first-order valence-electron chi connectivity index (χ1n) is 6.30. The van der Waals surface area contributed by atoms with Crippen LogP contribution in [-0.4, -0.2) is 15.4 Å². The van der Waals surface area contributed by atoms with Crippen LogP contribution in [0.3, 0.4) is 0 Å². The number of nitrogens with zero attached hydrogens (tertiary/aromatic N) is 2. The molecule has 0 amide bonds. The van der Waals surface area contributed by atoms with E-state index in [1.165, 1.54) is 24.8 Å². The SMILES string of the molecule is NNC(c1ccc(C2CCC2)cc1)c1cn[nH]n1. The van der Waals surface area contributed by atoms with Gasteiger partial charge in [0.25, 0.3) is 0 Å². The Labute approximate surface area is 106 Å². The summed E-state index contributed by atoms with van der Waals surface area (Å²) >= 11 is 0. The van der Waals surface area contributed by atoms with Gasteiger partial charge in [-0.05, 0) is 29.9 Å². The van der Waals surface area contributed by atoms with E-state index < -0.39 is 0 Å². The van der Waals surface area contributed by atoms with E-state index >= 15 is 0 Å². The largest absolute Gasteiger partial charge is 0.271 e. The van der Waals surface area contributed by atoms with Crippen LogP contribution < -0.4 is 11.3 Å². The van der Waals surface area contributed by atoms with Crippen LogP contribution >= 0.6 is 0 Å². The Balaban J connectivity index is 1.82. The van der Waals surface area contributed by atoms with E-state index in [1.807, 2.05) is 0 Å². The van der Waals surface area contributed by atoms with Crippen molar-refractivity contribution in [3.05, 3.63) is 47.3 Å². The maximum atomic E-state index is 5.60. The van der Waals surface area contributed by atoms with Gasteiger partial charge in [0, 0.05) is 0 Å². The van der Waals surface area contributed by atoms with Gasteiger partial charge >= 0.3 is 0 Å². The van der Waals surface area contributed by atoms with Crippen LogP contribution in [0.4, 0.5) is 0 Å². The third kappa shape index (κ3) is 2.02. The molecule has 5 heteroatoms. The first kappa shape index (κ1) is 11.4. The van der Waals surface area contributed by atoms with Crippen molar-refractivity contribution in [1.82, 2.24) is 20.8 Å². The van der Waals surface area contributed by atoms with Crippen LogP contribution in [0.25, 0.3) is 0 Å². The van der Waals surface area contributed by atoms with Crippen LogP contribution in [0.2, 0.25) is 0 Å². The first-order chi connectivity index (χ1) is 8.88. The minimum Gasteiger partial charge on any atom is -0.271 e. The monoisotopic (exact) mass is 243 g/mol. The van der Waals surface area contributed by atoms with E-state index in [0.29, 0.717) is 0 Å². The molecular weight excluding hydrogens is 226 g/mol. The van der Waals surface area contributed by atoms with Gasteiger partial charge in [-0.25, -0.2) is 5.43 Å². The number of hydrogen-bond acceptors (Lipinski definition) is 4. The summed E-state index contributed by atoms with van der Waals surface area (Å²) in [6, 6.07) is 8.52. The maximum Gasteiger partial charge on any atom is 0.105 e. The van der Waals surface area contributed by atoms with Crippen molar-refractivity contribution in [3.8, 4) is 0 Å². The smallest absolute Gasteiger partial charge is 0.105 e. The van der Waals surface area contributed by atoms with Crippen LogP contribution in [0, 0.1) is 0 Å². The summed E-state index contributed by atoms with van der Waals surface area (Å²) in [5.74, 6) is 6.36. The Morgan fingerprint density at radius 3 is 2.56 bits per heavy atom. The van der Waals surface area contributed by atoms with Gasteiger partial charge in [0.1, 0.15) is 5.69 Å². The summed E-state index contributed by atoms with van der Waals surface area (Å²) in [6.45, 7) is 0. The third-order valence-electron chi connectivity index (χ3n) is 3.74. The second kappa shape index (κ2) is 4.88. The second-order valence-electron chi connectivity index (χ2n) is 4.79. The molecule has 18 heavy (non-hydrogen) atoms. The molecule has 3 rings (SSSR count). The number of nitrogens with one attached hydrogen (secondary N) is 2. The predicted octanol–water partition coefficient (Wildman–Crippen LogP) is 1.62. The zero-order valence-corrected chi connectivity index (χ0v) is 10.1. The molecule has 5 nitrogen and oxygen atoms in total. The standard InChI is InChI=1S/C13H17N5/c14-16-13(12-8-15-18-17-12)11-6-4-10(5-7-11)9-2-1-3-9/h4-9,13,16H,1-3,14H2,(H,15,17,18). The molecule has 2 aromatic rings. The van der Waals surface area contributed by atoms with E-state index in [9.17, 15) is 0 Å². The highest BCUT2D eigenvalue weighted by Crippen LogP contribution is 2.36. The van der Waals surface area contributed by atoms with Gasteiger partial charge in [-0.15, -0.1) is 0 Å². The number of hydrogen-bond donors (Lipinski definition) is 3. The van der Waals surface area contributed by atoms with Crippen molar-refractivity contribution in [3.63, 3.8) is 0 Å². The van der Waals surface area contributed by atoms with Gasteiger partial charge in [-0.1, -0.05) is 30.7 Å². The van der Waals surface area contributed by atoms with E-state index in [1.54, 1.807) is 6.20 Å². The summed E-state index contributed by atoms with van der Waals surface area (Å²) in [4.78, 5) is 0. The van der Waals surface area contributed by atoms with Gasteiger partial charge in [0.15, 0.2) is 0 Å². The number of H-pyrrole nitrogens is 1. The minimum absolute atomic E-state index is 0.112. The molecular formula is C13H17N5. The predicted molar refractivity (Wildman–Crippen MR) is 68.6 cm³/mol. The van der Waals surface area contributed by atoms with Gasteiger partial charge in [-0.3, -0.25) is 5.84 Å². The zero-order valence-electron chi connectivity index (χ0n) is 10.1. The lowest BCUT2D eigenvalue weighted by Crippen LogP contribution is -2.29. The molecule has 0 saturated heterocycles. The summed E-state index contributed by atoms with van der Waals surface area (Å²) in [6.07, 6.45) is 5.69. The molecule has 1 aromatic heterocycles. The van der Waals surface area contributed by atoms with E-state index in [-0.39, 0.29) is 6.04 Å². The van der Waals surface area contributed by atoms with E-state index in [4.69, 9.17) is 5.84 Å². The molecule has 1 aliphatic rings. The van der Waals surface area contributed by atoms with Gasteiger partial charge in [-0.2, -0.15) is 15.4 Å². The van der Waals surface area contributed by atoms with Crippen molar-refractivity contribution in [2.24, 2.45) is 5.84 Å². The molecule has 0 spiro atoms. The Morgan fingerprint density at radius 1 is 1.28 bits per heavy atom. The fourth-order valence-electron chi connectivity index (χ4n) is 2.40. The molecule has 1 aromatic carbocycles. The highest BCUT2D eigenvalue weighted by atomic mass is 15.3. The van der Waals surface area contributed by atoms with E-state index in [2.05, 4.69) is 45.1 Å². The Bertz CT molecular complexity index is 487. The average molecular weight is 243 g/mol. The van der Waals surface area contributed by atoms with Gasteiger partial charge in [0.05, 0.1) is 12.2 Å². The van der Waals surface area contributed by atoms with E-state index in [0.717, 1.165) is 17.2 Å². The fourth-order valence-corrected chi connectivity index (χ4v) is 2.40. The second-order valence-corrected chi connectivity index (χ2v) is 4.79. The number of rotatable bonds is 4. The maximum absolute atomic E-state index is 5.60. The normalized spacial score (nSPS) is 17.4. The van der Waals surface area contributed by atoms with Crippen molar-refractivity contribution >= 4 is 0 Å². The zero-order chi connectivity index (χ0) is 12.4. The molecule has 1 unspecified atom stereocenters. The first-order valence-corrected chi connectivity index (χ1v) is 6.30. The number of benzene rings is 1. The van der Waals surface area contributed by atoms with Crippen LogP contribution in [0.15, 0.2) is 30.5 Å². The Hall–Kier alpha value is -1.72.